The molecule has 0 unspecified atom stereocenters. The van der Waals surface area contributed by atoms with Crippen molar-refractivity contribution < 1.29 is 9.53 Å². The number of alkyl carbamates (subject to hydrolysis) is 1. The van der Waals surface area contributed by atoms with Crippen LogP contribution in [-0.4, -0.2) is 22.8 Å². The lowest BCUT2D eigenvalue weighted by Gasteiger charge is -2.10. The normalized spacial score (nSPS) is 9.59. The van der Waals surface area contributed by atoms with Gasteiger partial charge in [-0.25, -0.2) is 9.78 Å². The van der Waals surface area contributed by atoms with E-state index in [9.17, 15) is 4.79 Å². The number of ether oxygens (including phenoxy) is 1. The van der Waals surface area contributed by atoms with E-state index in [1.54, 1.807) is 19.2 Å². The van der Waals surface area contributed by atoms with Crippen molar-refractivity contribution in [2.75, 3.05) is 11.9 Å². The van der Waals surface area contributed by atoms with Crippen LogP contribution in [0, 0.1) is 0 Å². The van der Waals surface area contributed by atoms with E-state index in [-0.39, 0.29) is 11.7 Å². The molecule has 1 heterocycles. The first-order chi connectivity index (χ1) is 8.04. The zero-order valence-electron chi connectivity index (χ0n) is 8.79. The second kappa shape index (κ2) is 6.73. The summed E-state index contributed by atoms with van der Waals surface area (Å²) in [4.78, 5) is 15.1. The summed E-state index contributed by atoms with van der Waals surface area (Å²) in [5.74, 6) is 0.350. The summed E-state index contributed by atoms with van der Waals surface area (Å²) in [5.41, 5.74) is 0. The van der Waals surface area contributed by atoms with Gasteiger partial charge in [0.25, 0.3) is 0 Å². The minimum absolute atomic E-state index is 0.0657. The van der Waals surface area contributed by atoms with Gasteiger partial charge in [0, 0.05) is 10.7 Å². The lowest BCUT2D eigenvalue weighted by Crippen LogP contribution is -2.34. The van der Waals surface area contributed by atoms with E-state index < -0.39 is 6.09 Å². The number of carbonyl (C=O) groups excluding carboxylic acids is 1. The molecule has 8 heteroatoms. The summed E-state index contributed by atoms with van der Waals surface area (Å²) in [6, 6.07) is 1.69. The molecule has 0 fully saturated rings. The maximum absolute atomic E-state index is 11.1. The molecule has 1 amide bonds. The highest BCUT2D eigenvalue weighted by Gasteiger charge is 2.09. The fourth-order valence-corrected chi connectivity index (χ4v) is 1.55. The fourth-order valence-electron chi connectivity index (χ4n) is 0.906. The molecule has 0 aliphatic carbocycles. The molecule has 0 atom stereocenters. The molecule has 0 aromatic carbocycles. The topological polar surface area (TPSA) is 63.2 Å². The number of amides is 1. The largest absolute Gasteiger partial charge is 0.450 e. The van der Waals surface area contributed by atoms with Gasteiger partial charge in [-0.1, -0.05) is 11.6 Å². The van der Waals surface area contributed by atoms with E-state index >= 15 is 0 Å². The fraction of sp³-hybridized carbons (Fsp3) is 0.222. The Balaban J connectivity index is 2.62. The number of halogens is 2. The van der Waals surface area contributed by atoms with Gasteiger partial charge in [0.1, 0.15) is 0 Å². The molecule has 1 aromatic heterocycles. The number of aromatic nitrogens is 1. The third kappa shape index (κ3) is 4.45. The molecule has 0 saturated heterocycles. The van der Waals surface area contributed by atoms with Crippen molar-refractivity contribution in [3.05, 3.63) is 21.8 Å². The first kappa shape index (κ1) is 14.1. The van der Waals surface area contributed by atoms with Gasteiger partial charge < -0.3 is 10.1 Å². The van der Waals surface area contributed by atoms with Crippen molar-refractivity contribution in [3.63, 3.8) is 0 Å². The Morgan fingerprint density at radius 2 is 2.41 bits per heavy atom. The number of hydrogen-bond acceptors (Lipinski definition) is 4. The lowest BCUT2D eigenvalue weighted by molar-refractivity contribution is 0.158. The zero-order valence-corrected chi connectivity index (χ0v) is 11.9. The predicted molar refractivity (Wildman–Crippen MR) is 73.3 cm³/mol. The minimum atomic E-state index is -0.629. The van der Waals surface area contributed by atoms with Crippen LogP contribution < -0.4 is 10.6 Å². The number of nitrogens with zero attached hydrogens (tertiary/aromatic N) is 1. The van der Waals surface area contributed by atoms with Gasteiger partial charge in [0.2, 0.25) is 0 Å². The van der Waals surface area contributed by atoms with Crippen LogP contribution in [0.25, 0.3) is 0 Å². The molecule has 5 nitrogen and oxygen atoms in total. The van der Waals surface area contributed by atoms with Crippen LogP contribution >= 0.6 is 39.7 Å². The predicted octanol–water partition coefficient (Wildman–Crippen LogP) is 2.94. The van der Waals surface area contributed by atoms with Crippen LogP contribution in [0.1, 0.15) is 6.92 Å². The molecule has 1 aromatic rings. The van der Waals surface area contributed by atoms with E-state index in [2.05, 4.69) is 36.3 Å². The highest BCUT2D eigenvalue weighted by molar-refractivity contribution is 9.10. The van der Waals surface area contributed by atoms with E-state index in [1.807, 2.05) is 0 Å². The highest BCUT2D eigenvalue weighted by Crippen LogP contribution is 2.27. The maximum atomic E-state index is 11.1. The van der Waals surface area contributed by atoms with Crippen LogP contribution in [0.5, 0.6) is 0 Å². The van der Waals surface area contributed by atoms with Gasteiger partial charge in [-0.05, 0) is 41.1 Å². The Morgan fingerprint density at radius 1 is 1.71 bits per heavy atom. The number of pyridine rings is 1. The second-order valence-corrected chi connectivity index (χ2v) is 4.40. The molecule has 0 aliphatic rings. The van der Waals surface area contributed by atoms with E-state index in [0.29, 0.717) is 15.3 Å². The first-order valence-corrected chi connectivity index (χ1v) is 6.17. The molecule has 17 heavy (non-hydrogen) atoms. The first-order valence-electron chi connectivity index (χ1n) is 4.59. The standard InChI is InChI=1S/C9H9BrClN3O2S/c1-2-16-9(15)14-8(17)13-7-6(11)5(10)3-4-12-7/h3-4H,2H2,1H3,(H2,12,13,14,15,17). The summed E-state index contributed by atoms with van der Waals surface area (Å²) in [6.07, 6.45) is 0.918. The van der Waals surface area contributed by atoms with Gasteiger partial charge in [-0.2, -0.15) is 0 Å². The zero-order chi connectivity index (χ0) is 12.8. The summed E-state index contributed by atoms with van der Waals surface area (Å²) in [5, 5.41) is 5.45. The van der Waals surface area contributed by atoms with Crippen molar-refractivity contribution in [2.24, 2.45) is 0 Å². The van der Waals surface area contributed by atoms with Crippen molar-refractivity contribution >= 4 is 56.8 Å². The molecule has 1 rings (SSSR count). The SMILES string of the molecule is CCOC(=O)NC(=S)Nc1nccc(Br)c1Cl. The van der Waals surface area contributed by atoms with Gasteiger partial charge >= 0.3 is 6.09 Å². The van der Waals surface area contributed by atoms with E-state index in [4.69, 9.17) is 23.8 Å². The average molecular weight is 339 g/mol. The molecule has 0 spiro atoms. The summed E-state index contributed by atoms with van der Waals surface area (Å²) >= 11 is 14.1. The number of rotatable bonds is 2. The van der Waals surface area contributed by atoms with Crippen molar-refractivity contribution in [3.8, 4) is 0 Å². The van der Waals surface area contributed by atoms with Crippen LogP contribution in [0.4, 0.5) is 10.6 Å². The Hall–Kier alpha value is -0.920. The van der Waals surface area contributed by atoms with Gasteiger partial charge in [0.15, 0.2) is 10.9 Å². The number of hydrogen-bond donors (Lipinski definition) is 2. The number of carbonyl (C=O) groups is 1. The van der Waals surface area contributed by atoms with Gasteiger partial charge in [-0.3, -0.25) is 5.32 Å². The average Bonchev–Trinajstić information content (AvgIpc) is 2.25. The van der Waals surface area contributed by atoms with Crippen LogP contribution in [-0.2, 0) is 4.74 Å². The van der Waals surface area contributed by atoms with Crippen molar-refractivity contribution in [2.45, 2.75) is 6.92 Å². The minimum Gasteiger partial charge on any atom is -0.450 e. The summed E-state index contributed by atoms with van der Waals surface area (Å²) in [7, 11) is 0. The van der Waals surface area contributed by atoms with E-state index in [0.717, 1.165) is 0 Å². The highest BCUT2D eigenvalue weighted by atomic mass is 79.9. The van der Waals surface area contributed by atoms with Crippen molar-refractivity contribution in [1.82, 2.24) is 10.3 Å². The second-order valence-electron chi connectivity index (χ2n) is 2.75. The third-order valence-corrected chi connectivity index (χ3v) is 3.04. The molecular formula is C9H9BrClN3O2S. The Bertz CT molecular complexity index is 444. The lowest BCUT2D eigenvalue weighted by atomic mass is 10.4. The smallest absolute Gasteiger partial charge is 0.413 e. The number of thiocarbonyl (C=S) groups is 1. The number of anilines is 1. The van der Waals surface area contributed by atoms with Crippen LogP contribution in [0.15, 0.2) is 16.7 Å². The van der Waals surface area contributed by atoms with Crippen LogP contribution in [0.2, 0.25) is 5.02 Å². The monoisotopic (exact) mass is 337 g/mol. The number of nitrogens with one attached hydrogen (secondary N) is 2. The molecule has 0 bridgehead atoms. The molecular weight excluding hydrogens is 330 g/mol. The molecule has 2 N–H and O–H groups in total. The van der Waals surface area contributed by atoms with Gasteiger partial charge in [-0.15, -0.1) is 0 Å². The molecule has 0 saturated carbocycles. The Kier molecular flexibility index (Phi) is 5.60. The van der Waals surface area contributed by atoms with Gasteiger partial charge in [0.05, 0.1) is 11.6 Å². The van der Waals surface area contributed by atoms with Crippen LogP contribution in [0.3, 0.4) is 0 Å². The summed E-state index contributed by atoms with van der Waals surface area (Å²) in [6.45, 7) is 1.97. The Labute approximate surface area is 117 Å². The quantitative estimate of drug-likeness (QED) is 0.812. The molecule has 92 valence electrons. The van der Waals surface area contributed by atoms with Crippen molar-refractivity contribution in [1.29, 1.82) is 0 Å². The molecule has 0 aliphatic heterocycles. The van der Waals surface area contributed by atoms with E-state index in [1.165, 1.54) is 0 Å². The third-order valence-electron chi connectivity index (χ3n) is 1.57. The summed E-state index contributed by atoms with van der Waals surface area (Å²) < 4.78 is 5.34. The Morgan fingerprint density at radius 3 is 3.06 bits per heavy atom. The molecule has 0 radical (unpaired) electrons. The maximum Gasteiger partial charge on any atom is 0.413 e.